The van der Waals surface area contributed by atoms with Gasteiger partial charge in [-0.2, -0.15) is 0 Å². The minimum absolute atomic E-state index is 0.0168. The highest BCUT2D eigenvalue weighted by Gasteiger charge is 2.28. The Kier molecular flexibility index (Phi) is 6.03. The molecule has 1 amide bonds. The van der Waals surface area contributed by atoms with E-state index in [1.807, 2.05) is 6.92 Å². The molecule has 5 heteroatoms. The Morgan fingerprint density at radius 1 is 1.38 bits per heavy atom. The average Bonchev–Trinajstić information content (AvgIpc) is 2.26. The summed E-state index contributed by atoms with van der Waals surface area (Å²) in [7, 11) is 3.11. The molecule has 0 fully saturated rings. The van der Waals surface area contributed by atoms with E-state index in [0.717, 1.165) is 0 Å². The highest BCUT2D eigenvalue weighted by molar-refractivity contribution is 5.78. The van der Waals surface area contributed by atoms with Gasteiger partial charge >= 0.3 is 5.97 Å². The summed E-state index contributed by atoms with van der Waals surface area (Å²) in [6, 6.07) is 0. The zero-order valence-electron chi connectivity index (χ0n) is 10.8. The van der Waals surface area contributed by atoms with Gasteiger partial charge in [0.15, 0.2) is 0 Å². The SMILES string of the molecule is CCN(C)C(=O)CNCC(C)(C)C(=O)OC. The van der Waals surface area contributed by atoms with Crippen LogP contribution in [0.25, 0.3) is 0 Å². The van der Waals surface area contributed by atoms with Crippen molar-refractivity contribution in [1.29, 1.82) is 0 Å². The minimum atomic E-state index is -0.611. The average molecular weight is 230 g/mol. The molecule has 0 aromatic rings. The van der Waals surface area contributed by atoms with Crippen LogP contribution in [-0.2, 0) is 14.3 Å². The molecule has 0 aromatic carbocycles. The van der Waals surface area contributed by atoms with Gasteiger partial charge in [-0.15, -0.1) is 0 Å². The first kappa shape index (κ1) is 14.9. The van der Waals surface area contributed by atoms with Crippen LogP contribution >= 0.6 is 0 Å². The first-order chi connectivity index (χ1) is 7.35. The van der Waals surface area contributed by atoms with Crippen LogP contribution < -0.4 is 5.32 Å². The maximum atomic E-state index is 11.4. The van der Waals surface area contributed by atoms with Crippen molar-refractivity contribution in [2.24, 2.45) is 5.41 Å². The molecular formula is C11H22N2O3. The number of esters is 1. The minimum Gasteiger partial charge on any atom is -0.469 e. The number of hydrogen-bond donors (Lipinski definition) is 1. The number of carbonyl (C=O) groups excluding carboxylic acids is 2. The normalized spacial score (nSPS) is 11.1. The molecule has 0 atom stereocenters. The Morgan fingerprint density at radius 2 is 1.94 bits per heavy atom. The zero-order chi connectivity index (χ0) is 12.8. The first-order valence-corrected chi connectivity index (χ1v) is 5.38. The van der Waals surface area contributed by atoms with Gasteiger partial charge in [0.25, 0.3) is 0 Å². The summed E-state index contributed by atoms with van der Waals surface area (Å²) in [5.41, 5.74) is -0.611. The van der Waals surface area contributed by atoms with E-state index in [4.69, 9.17) is 0 Å². The number of likely N-dealkylation sites (N-methyl/N-ethyl adjacent to an activating group) is 1. The number of nitrogens with one attached hydrogen (secondary N) is 1. The molecule has 0 aromatic heterocycles. The second-order valence-electron chi connectivity index (χ2n) is 4.39. The number of amides is 1. The Balaban J connectivity index is 3.98. The fourth-order valence-electron chi connectivity index (χ4n) is 1.14. The van der Waals surface area contributed by atoms with E-state index in [1.165, 1.54) is 7.11 Å². The van der Waals surface area contributed by atoms with Crippen LogP contribution in [0.2, 0.25) is 0 Å². The van der Waals surface area contributed by atoms with Crippen LogP contribution in [-0.4, -0.2) is 50.6 Å². The van der Waals surface area contributed by atoms with E-state index in [9.17, 15) is 9.59 Å². The number of hydrogen-bond acceptors (Lipinski definition) is 4. The Hall–Kier alpha value is -1.10. The van der Waals surface area contributed by atoms with Crippen molar-refractivity contribution in [3.05, 3.63) is 0 Å². The van der Waals surface area contributed by atoms with Crippen LogP contribution in [0.5, 0.6) is 0 Å². The van der Waals surface area contributed by atoms with Crippen molar-refractivity contribution >= 4 is 11.9 Å². The lowest BCUT2D eigenvalue weighted by Gasteiger charge is -2.22. The first-order valence-electron chi connectivity index (χ1n) is 5.38. The van der Waals surface area contributed by atoms with E-state index in [2.05, 4.69) is 10.1 Å². The van der Waals surface area contributed by atoms with Gasteiger partial charge in [0.2, 0.25) is 5.91 Å². The third kappa shape index (κ3) is 4.61. The predicted molar refractivity (Wildman–Crippen MR) is 62.0 cm³/mol. The number of nitrogens with zero attached hydrogens (tertiary/aromatic N) is 1. The highest BCUT2D eigenvalue weighted by Crippen LogP contribution is 2.14. The number of carbonyl (C=O) groups is 2. The van der Waals surface area contributed by atoms with E-state index < -0.39 is 5.41 Å². The summed E-state index contributed by atoms with van der Waals surface area (Å²) in [5.74, 6) is -0.264. The molecule has 0 saturated heterocycles. The summed E-state index contributed by atoms with van der Waals surface area (Å²) in [6.07, 6.45) is 0. The number of rotatable bonds is 6. The van der Waals surface area contributed by atoms with Crippen molar-refractivity contribution in [3.8, 4) is 0 Å². The van der Waals surface area contributed by atoms with Crippen LogP contribution in [0, 0.1) is 5.41 Å². The lowest BCUT2D eigenvalue weighted by atomic mass is 9.94. The second kappa shape index (κ2) is 6.48. The van der Waals surface area contributed by atoms with Gasteiger partial charge in [-0.1, -0.05) is 0 Å². The third-order valence-electron chi connectivity index (χ3n) is 2.48. The fraction of sp³-hybridized carbons (Fsp3) is 0.818. The van der Waals surface area contributed by atoms with Crippen LogP contribution in [0.4, 0.5) is 0 Å². The van der Waals surface area contributed by atoms with E-state index in [0.29, 0.717) is 13.1 Å². The molecule has 94 valence electrons. The summed E-state index contributed by atoms with van der Waals surface area (Å²) in [4.78, 5) is 24.4. The summed E-state index contributed by atoms with van der Waals surface area (Å²) in [6.45, 7) is 6.81. The largest absolute Gasteiger partial charge is 0.469 e. The lowest BCUT2D eigenvalue weighted by molar-refractivity contribution is -0.150. The zero-order valence-corrected chi connectivity index (χ0v) is 10.8. The molecule has 0 heterocycles. The Labute approximate surface area is 97.1 Å². The monoisotopic (exact) mass is 230 g/mol. The third-order valence-corrected chi connectivity index (χ3v) is 2.48. The number of methoxy groups -OCH3 is 1. The Morgan fingerprint density at radius 3 is 2.38 bits per heavy atom. The molecule has 0 unspecified atom stereocenters. The summed E-state index contributed by atoms with van der Waals surface area (Å²) in [5, 5.41) is 2.96. The van der Waals surface area contributed by atoms with Gasteiger partial charge in [0, 0.05) is 20.1 Å². The smallest absolute Gasteiger partial charge is 0.312 e. The molecule has 0 aliphatic carbocycles. The standard InChI is InChI=1S/C11H22N2O3/c1-6-13(4)9(14)7-12-8-11(2,3)10(15)16-5/h12H,6-8H2,1-5H3. The molecule has 0 radical (unpaired) electrons. The molecule has 0 bridgehead atoms. The van der Waals surface area contributed by atoms with Crippen molar-refractivity contribution in [2.75, 3.05) is 33.8 Å². The molecule has 0 aliphatic rings. The van der Waals surface area contributed by atoms with Gasteiger partial charge in [-0.05, 0) is 20.8 Å². The quantitative estimate of drug-likeness (QED) is 0.665. The molecule has 0 aliphatic heterocycles. The van der Waals surface area contributed by atoms with E-state index in [1.54, 1.807) is 25.8 Å². The summed E-state index contributed by atoms with van der Waals surface area (Å²) >= 11 is 0. The van der Waals surface area contributed by atoms with E-state index in [-0.39, 0.29) is 18.4 Å². The van der Waals surface area contributed by atoms with Crippen molar-refractivity contribution in [2.45, 2.75) is 20.8 Å². The summed E-state index contributed by atoms with van der Waals surface area (Å²) < 4.78 is 4.67. The van der Waals surface area contributed by atoms with Crippen molar-refractivity contribution in [3.63, 3.8) is 0 Å². The van der Waals surface area contributed by atoms with Gasteiger partial charge in [-0.3, -0.25) is 9.59 Å². The topological polar surface area (TPSA) is 58.6 Å². The molecule has 5 nitrogen and oxygen atoms in total. The van der Waals surface area contributed by atoms with Gasteiger partial charge in [0.1, 0.15) is 0 Å². The molecular weight excluding hydrogens is 208 g/mol. The van der Waals surface area contributed by atoms with Crippen LogP contribution in [0.3, 0.4) is 0 Å². The molecule has 0 saturated carbocycles. The molecule has 0 spiro atoms. The molecule has 1 N–H and O–H groups in total. The maximum Gasteiger partial charge on any atom is 0.312 e. The molecule has 0 rings (SSSR count). The van der Waals surface area contributed by atoms with Crippen molar-refractivity contribution in [1.82, 2.24) is 10.2 Å². The van der Waals surface area contributed by atoms with Crippen molar-refractivity contribution < 1.29 is 14.3 Å². The van der Waals surface area contributed by atoms with Gasteiger partial charge < -0.3 is 15.0 Å². The van der Waals surface area contributed by atoms with Crippen LogP contribution in [0.15, 0.2) is 0 Å². The van der Waals surface area contributed by atoms with Gasteiger partial charge in [0.05, 0.1) is 19.1 Å². The van der Waals surface area contributed by atoms with Gasteiger partial charge in [-0.25, -0.2) is 0 Å². The highest BCUT2D eigenvalue weighted by atomic mass is 16.5. The maximum absolute atomic E-state index is 11.4. The fourth-order valence-corrected chi connectivity index (χ4v) is 1.14. The molecule has 16 heavy (non-hydrogen) atoms. The lowest BCUT2D eigenvalue weighted by Crippen LogP contribution is -2.42. The predicted octanol–water partition coefficient (Wildman–Crippen LogP) is 0.254. The van der Waals surface area contributed by atoms with E-state index >= 15 is 0 Å². The van der Waals surface area contributed by atoms with Crippen LogP contribution in [0.1, 0.15) is 20.8 Å². The number of ether oxygens (including phenoxy) is 1. The Bertz CT molecular complexity index is 252. The second-order valence-corrected chi connectivity index (χ2v) is 4.39.